The fraction of sp³-hybridized carbons (Fsp3) is 0.0741. The van der Waals surface area contributed by atoms with Gasteiger partial charge in [0.25, 0.3) is 0 Å². The van der Waals surface area contributed by atoms with Crippen molar-refractivity contribution in [1.29, 1.82) is 0 Å². The van der Waals surface area contributed by atoms with E-state index in [0.717, 1.165) is 5.46 Å². The van der Waals surface area contributed by atoms with Crippen LogP contribution in [0.1, 0.15) is 16.7 Å². The van der Waals surface area contributed by atoms with Crippen molar-refractivity contribution in [1.82, 2.24) is 0 Å². The molecule has 3 heterocycles. The van der Waals surface area contributed by atoms with Crippen molar-refractivity contribution >= 4 is 72.6 Å². The van der Waals surface area contributed by atoms with Crippen LogP contribution in [0, 0.1) is 19.9 Å². The van der Waals surface area contributed by atoms with Crippen LogP contribution in [0.5, 0.6) is 0 Å². The first kappa shape index (κ1) is 19.9. The van der Waals surface area contributed by atoms with Crippen molar-refractivity contribution in [3.63, 3.8) is 0 Å². The third kappa shape index (κ3) is 2.53. The van der Waals surface area contributed by atoms with Gasteiger partial charge in [-0.25, -0.2) is 0 Å². The average molecular weight is 606 g/mol. The Kier molecular flexibility index (Phi) is 4.45. The molecule has 0 saturated heterocycles. The molecule has 32 heavy (non-hydrogen) atoms. The fourth-order valence-electron chi connectivity index (χ4n) is 5.37. The van der Waals surface area contributed by atoms with E-state index in [4.69, 9.17) is 4.90 Å². The van der Waals surface area contributed by atoms with E-state index in [1.807, 2.05) is 23.6 Å². The molecule has 155 valence electrons. The largest absolute Gasteiger partial charge is 0.366 e. The molecule has 0 spiro atoms. The van der Waals surface area contributed by atoms with E-state index in [9.17, 15) is 0 Å². The van der Waals surface area contributed by atoms with Gasteiger partial charge < -0.3 is 9.80 Å². The molecule has 0 fully saturated rings. The van der Waals surface area contributed by atoms with Gasteiger partial charge in [0.15, 0.2) is 0 Å². The summed E-state index contributed by atoms with van der Waals surface area (Å²) in [5.41, 5.74) is 9.99. The maximum Gasteiger partial charge on any atom is 0.324 e. The predicted molar refractivity (Wildman–Crippen MR) is 135 cm³/mol. The van der Waals surface area contributed by atoms with Crippen molar-refractivity contribution in [2.24, 2.45) is 4.90 Å². The van der Waals surface area contributed by atoms with Crippen LogP contribution < -0.4 is 15.8 Å². The molecule has 5 aromatic rings. The molecule has 0 saturated carbocycles. The van der Waals surface area contributed by atoms with E-state index in [0.29, 0.717) is 0 Å². The van der Waals surface area contributed by atoms with Gasteiger partial charge in [-0.3, -0.25) is 0 Å². The molecule has 1 radical (unpaired) electrons. The Balaban J connectivity index is 0.00000196. The van der Waals surface area contributed by atoms with Crippen molar-refractivity contribution in [2.45, 2.75) is 13.8 Å². The van der Waals surface area contributed by atoms with Crippen molar-refractivity contribution < 1.29 is 20.1 Å². The van der Waals surface area contributed by atoms with Gasteiger partial charge in [-0.05, 0) is 54.2 Å². The average Bonchev–Trinajstić information content (AvgIpc) is 3.39. The number of aryl methyl sites for hydroxylation is 2. The second-order valence-corrected chi connectivity index (χ2v) is 9.46. The van der Waals surface area contributed by atoms with Gasteiger partial charge in [0.05, 0.1) is 0 Å². The predicted octanol–water partition coefficient (Wildman–Crippen LogP) is 5.79. The summed E-state index contributed by atoms with van der Waals surface area (Å²) < 4.78 is 2.72. The monoisotopic (exact) mass is 606 g/mol. The number of rotatable bonds is 1. The van der Waals surface area contributed by atoms with Gasteiger partial charge in [-0.1, -0.05) is 36.0 Å². The van der Waals surface area contributed by atoms with Crippen LogP contribution in [0.15, 0.2) is 71.6 Å². The molecule has 0 aliphatic carbocycles. The van der Waals surface area contributed by atoms with Crippen molar-refractivity contribution in [2.75, 3.05) is 4.90 Å². The summed E-state index contributed by atoms with van der Waals surface area (Å²) in [6.07, 6.45) is 2.02. The Morgan fingerprint density at radius 3 is 2.69 bits per heavy atom. The number of hydrogen-bond acceptors (Lipinski definition) is 3. The second kappa shape index (κ2) is 7.15. The minimum atomic E-state index is 0. The van der Waals surface area contributed by atoms with Crippen LogP contribution in [0.2, 0.25) is 0 Å². The molecule has 0 amide bonds. The maximum atomic E-state index is 4.85. The Hall–Kier alpha value is -2.72. The Labute approximate surface area is 205 Å². The maximum absolute atomic E-state index is 4.85. The molecule has 0 unspecified atom stereocenters. The van der Waals surface area contributed by atoms with E-state index in [-0.39, 0.29) is 27.0 Å². The van der Waals surface area contributed by atoms with E-state index in [2.05, 4.69) is 85.5 Å². The second-order valence-electron chi connectivity index (χ2n) is 8.41. The summed E-state index contributed by atoms with van der Waals surface area (Å²) >= 11 is 1.89. The Bertz CT molecular complexity index is 1590. The number of fused-ring (bicyclic) bond motifs is 5. The van der Waals surface area contributed by atoms with Crippen LogP contribution in [-0.4, -0.2) is 13.1 Å². The smallest absolute Gasteiger partial charge is 0.324 e. The zero-order chi connectivity index (χ0) is 20.7. The van der Waals surface area contributed by atoms with E-state index in [1.165, 1.54) is 59.4 Å². The molecule has 0 atom stereocenters. The molecular weight excluding hydrogens is 587 g/mol. The normalized spacial score (nSPS) is 13.4. The number of thiophene rings is 1. The number of hydrogen-bond donors (Lipinski definition) is 0. The summed E-state index contributed by atoms with van der Waals surface area (Å²) in [4.78, 5) is 7.30. The molecule has 2 aliphatic heterocycles. The summed E-state index contributed by atoms with van der Waals surface area (Å²) in [5, 5.41) is 2.71. The zero-order valence-corrected chi connectivity index (χ0v) is 20.9. The van der Waals surface area contributed by atoms with Gasteiger partial charge in [0.1, 0.15) is 0 Å². The molecule has 7 rings (SSSR count). The fourth-order valence-corrected chi connectivity index (χ4v) is 6.55. The molecule has 2 nitrogen and oxygen atoms in total. The summed E-state index contributed by atoms with van der Waals surface area (Å²) in [6, 6.07) is 27.5. The first-order chi connectivity index (χ1) is 15.2. The zero-order valence-electron chi connectivity index (χ0n) is 17.6. The van der Waals surface area contributed by atoms with Crippen molar-refractivity contribution in [3.8, 4) is 0 Å². The first-order valence-corrected chi connectivity index (χ1v) is 11.4. The summed E-state index contributed by atoms with van der Waals surface area (Å²) in [6.45, 7) is 4.57. The van der Waals surface area contributed by atoms with E-state index in [1.54, 1.807) is 0 Å². The van der Waals surface area contributed by atoms with Gasteiger partial charge >= 0.3 is 6.85 Å². The van der Waals surface area contributed by atoms with Gasteiger partial charge in [0.2, 0.25) is 0 Å². The van der Waals surface area contributed by atoms with E-state index < -0.39 is 0 Å². The van der Waals surface area contributed by atoms with Crippen LogP contribution in [-0.2, 0) is 20.1 Å². The Morgan fingerprint density at radius 2 is 1.78 bits per heavy atom. The Morgan fingerprint density at radius 1 is 0.938 bits per heavy atom. The van der Waals surface area contributed by atoms with Gasteiger partial charge in [0, 0.05) is 57.9 Å². The quantitative estimate of drug-likeness (QED) is 0.175. The van der Waals surface area contributed by atoms with Gasteiger partial charge in [-0.2, -0.15) is 18.2 Å². The third-order valence-electron chi connectivity index (χ3n) is 6.66. The molecule has 2 aliphatic rings. The third-order valence-corrected chi connectivity index (χ3v) is 7.97. The molecule has 0 bridgehead atoms. The topological polar surface area (TPSA) is 15.6 Å². The minimum Gasteiger partial charge on any atom is -0.366 e. The molecule has 4 aromatic carbocycles. The van der Waals surface area contributed by atoms with Crippen molar-refractivity contribution in [3.05, 3.63) is 89.5 Å². The molecular formula is C27H18BIrN2S-. The van der Waals surface area contributed by atoms with Crippen LogP contribution in [0.4, 0.5) is 17.1 Å². The van der Waals surface area contributed by atoms with E-state index >= 15 is 0 Å². The standard InChI is InChI=1S/C27H18BN2S.Ir/c1-16-14-20-19-9-3-6-13-24(19)31-27(20)17(2)26(16)30-22-11-5-4-10-21(22)28-25-18(15-29-28)8-7-12-23(25)30;/h3-9,11-15H,1-2H3;/q-1;. The molecule has 1 aromatic heterocycles. The summed E-state index contributed by atoms with van der Waals surface area (Å²) in [5.74, 6) is 0. The number of anilines is 3. The summed E-state index contributed by atoms with van der Waals surface area (Å²) in [7, 11) is 0. The molecule has 5 heteroatoms. The SMILES string of the molecule is Cc1cc2c(sc3ccccc32)c(C)c1N1c2ccc[c-]c2B2N=Cc3cccc1c32.[Ir]. The minimum absolute atomic E-state index is 0. The van der Waals surface area contributed by atoms with Crippen LogP contribution in [0.3, 0.4) is 0 Å². The first-order valence-electron chi connectivity index (χ1n) is 10.6. The number of benzene rings is 4. The number of nitrogens with zero attached hydrogens (tertiary/aromatic N) is 2. The van der Waals surface area contributed by atoms with Crippen LogP contribution in [0.25, 0.3) is 20.2 Å². The molecule has 0 N–H and O–H groups in total. The van der Waals surface area contributed by atoms with Crippen LogP contribution >= 0.6 is 11.3 Å². The van der Waals surface area contributed by atoms with Gasteiger partial charge in [-0.15, -0.1) is 22.9 Å².